The van der Waals surface area contributed by atoms with E-state index in [0.717, 1.165) is 21.9 Å². The highest BCUT2D eigenvalue weighted by Gasteiger charge is 2.24. The molecule has 4 rings (SSSR count). The first-order valence-corrected chi connectivity index (χ1v) is 7.74. The molecule has 0 saturated heterocycles. The molecule has 0 aliphatic rings. The Hall–Kier alpha value is -3.15. The monoisotopic (exact) mass is 320 g/mol. The molecule has 3 aromatic heterocycles. The molecule has 24 heavy (non-hydrogen) atoms. The molecular weight excluding hydrogens is 304 g/mol. The van der Waals surface area contributed by atoms with Crippen molar-refractivity contribution in [2.24, 2.45) is 0 Å². The fourth-order valence-electron chi connectivity index (χ4n) is 3.28. The van der Waals surface area contributed by atoms with Crippen LogP contribution < -0.4 is 0 Å². The summed E-state index contributed by atoms with van der Waals surface area (Å²) >= 11 is 0. The van der Waals surface area contributed by atoms with E-state index in [1.165, 1.54) is 0 Å². The van der Waals surface area contributed by atoms with Crippen molar-refractivity contribution >= 4 is 27.9 Å². The minimum absolute atomic E-state index is 0.159. The van der Waals surface area contributed by atoms with Gasteiger partial charge in [0, 0.05) is 23.8 Å². The lowest BCUT2D eigenvalue weighted by atomic mass is 10.2. The highest BCUT2D eigenvalue weighted by molar-refractivity contribution is 6.10. The average Bonchev–Trinajstić information content (AvgIpc) is 3.10. The van der Waals surface area contributed by atoms with Gasteiger partial charge in [-0.1, -0.05) is 18.2 Å². The van der Waals surface area contributed by atoms with Gasteiger partial charge >= 0.3 is 5.97 Å². The number of hydrogen-bond donors (Lipinski definition) is 1. The van der Waals surface area contributed by atoms with Crippen LogP contribution in [0.25, 0.3) is 27.9 Å². The van der Waals surface area contributed by atoms with Crippen LogP contribution in [-0.2, 0) is 0 Å². The molecule has 1 N–H and O–H groups in total. The summed E-state index contributed by atoms with van der Waals surface area (Å²) in [6.07, 6.45) is 3.23. The van der Waals surface area contributed by atoms with Crippen LogP contribution >= 0.6 is 0 Å². The largest absolute Gasteiger partial charge is 0.477 e. The molecule has 0 unspecified atom stereocenters. The molecule has 0 aliphatic heterocycles. The Kier molecular flexibility index (Phi) is 3.13. The molecule has 0 saturated carbocycles. The first-order valence-electron chi connectivity index (χ1n) is 7.74. The van der Waals surface area contributed by atoms with E-state index in [1.54, 1.807) is 29.1 Å². The van der Waals surface area contributed by atoms with Crippen molar-refractivity contribution in [3.8, 4) is 5.95 Å². The van der Waals surface area contributed by atoms with Gasteiger partial charge in [0.25, 0.3) is 0 Å². The summed E-state index contributed by atoms with van der Waals surface area (Å²) in [6.45, 7) is 4.17. The van der Waals surface area contributed by atoms with Gasteiger partial charge in [-0.15, -0.1) is 0 Å². The van der Waals surface area contributed by atoms with Crippen molar-refractivity contribution in [3.05, 3.63) is 54.5 Å². The van der Waals surface area contributed by atoms with Crippen LogP contribution in [0, 0.1) is 0 Å². The number of fused-ring (bicyclic) bond motifs is 3. The van der Waals surface area contributed by atoms with Crippen molar-refractivity contribution in [2.75, 3.05) is 0 Å². The van der Waals surface area contributed by atoms with Crippen molar-refractivity contribution in [1.29, 1.82) is 0 Å². The maximum absolute atomic E-state index is 11.8. The molecule has 0 atom stereocenters. The fraction of sp³-hybridized carbons (Fsp3) is 0.167. The van der Waals surface area contributed by atoms with Crippen LogP contribution in [0.5, 0.6) is 0 Å². The zero-order valence-corrected chi connectivity index (χ0v) is 13.3. The Bertz CT molecular complexity index is 1060. The van der Waals surface area contributed by atoms with Crippen LogP contribution in [-0.4, -0.2) is 30.2 Å². The number of para-hydroxylation sites is 1. The van der Waals surface area contributed by atoms with E-state index in [-0.39, 0.29) is 11.7 Å². The fourth-order valence-corrected chi connectivity index (χ4v) is 3.28. The number of benzene rings is 1. The van der Waals surface area contributed by atoms with Gasteiger partial charge in [-0.3, -0.25) is 4.57 Å². The third-order valence-electron chi connectivity index (χ3n) is 4.15. The summed E-state index contributed by atoms with van der Waals surface area (Å²) in [7, 11) is 0. The molecule has 6 nitrogen and oxygen atoms in total. The minimum atomic E-state index is -1.00. The number of aromatic nitrogens is 4. The third kappa shape index (κ3) is 1.93. The van der Waals surface area contributed by atoms with Crippen LogP contribution in [0.2, 0.25) is 0 Å². The standard InChI is InChI=1S/C18H16N4O2/c1-11(2)21-13-7-4-3-6-12(13)16-14(21)10-15(17(23)24)22(16)18-19-8-5-9-20-18/h3-11H,1-2H3,(H,23,24). The van der Waals surface area contributed by atoms with Gasteiger partial charge in [-0.05, 0) is 32.0 Å². The quantitative estimate of drug-likeness (QED) is 0.625. The van der Waals surface area contributed by atoms with Gasteiger partial charge < -0.3 is 9.67 Å². The van der Waals surface area contributed by atoms with Crippen molar-refractivity contribution in [2.45, 2.75) is 19.9 Å². The molecule has 3 heterocycles. The minimum Gasteiger partial charge on any atom is -0.477 e. The molecule has 0 spiro atoms. The number of rotatable bonds is 3. The summed E-state index contributed by atoms with van der Waals surface area (Å²) in [5, 5.41) is 10.6. The van der Waals surface area contributed by atoms with Gasteiger partial charge in [0.1, 0.15) is 5.69 Å². The molecule has 120 valence electrons. The molecule has 1 aromatic carbocycles. The number of hydrogen-bond acceptors (Lipinski definition) is 3. The average molecular weight is 320 g/mol. The molecular formula is C18H16N4O2. The summed E-state index contributed by atoms with van der Waals surface area (Å²) in [5.41, 5.74) is 2.92. The number of carboxylic acid groups (broad SMARTS) is 1. The van der Waals surface area contributed by atoms with Gasteiger partial charge in [-0.2, -0.15) is 0 Å². The maximum Gasteiger partial charge on any atom is 0.353 e. The van der Waals surface area contributed by atoms with Crippen LogP contribution in [0.15, 0.2) is 48.8 Å². The molecule has 4 aromatic rings. The maximum atomic E-state index is 11.8. The first-order chi connectivity index (χ1) is 11.6. The summed E-state index contributed by atoms with van der Waals surface area (Å²) in [6, 6.07) is 11.6. The van der Waals surface area contributed by atoms with Crippen LogP contribution in [0.3, 0.4) is 0 Å². The Morgan fingerprint density at radius 1 is 1.08 bits per heavy atom. The van der Waals surface area contributed by atoms with Crippen molar-refractivity contribution < 1.29 is 9.90 Å². The zero-order valence-electron chi connectivity index (χ0n) is 13.3. The lowest BCUT2D eigenvalue weighted by Gasteiger charge is -2.10. The molecule has 0 aliphatic carbocycles. The van der Waals surface area contributed by atoms with E-state index in [0.29, 0.717) is 5.95 Å². The zero-order chi connectivity index (χ0) is 16.8. The number of nitrogens with zero attached hydrogens (tertiary/aromatic N) is 4. The highest BCUT2D eigenvalue weighted by Crippen LogP contribution is 2.35. The van der Waals surface area contributed by atoms with E-state index in [4.69, 9.17) is 0 Å². The second-order valence-electron chi connectivity index (χ2n) is 5.93. The predicted octanol–water partition coefficient (Wildman–Crippen LogP) is 3.65. The Morgan fingerprint density at radius 2 is 1.79 bits per heavy atom. The highest BCUT2D eigenvalue weighted by atomic mass is 16.4. The van der Waals surface area contributed by atoms with E-state index < -0.39 is 5.97 Å². The first kappa shape index (κ1) is 14.4. The second kappa shape index (κ2) is 5.19. The van der Waals surface area contributed by atoms with Crippen LogP contribution in [0.1, 0.15) is 30.4 Å². The van der Waals surface area contributed by atoms with Crippen molar-refractivity contribution in [1.82, 2.24) is 19.1 Å². The van der Waals surface area contributed by atoms with Gasteiger partial charge in [0.2, 0.25) is 5.95 Å². The molecule has 0 radical (unpaired) electrons. The predicted molar refractivity (Wildman–Crippen MR) is 91.7 cm³/mol. The van der Waals surface area contributed by atoms with E-state index in [9.17, 15) is 9.90 Å². The van der Waals surface area contributed by atoms with E-state index in [2.05, 4.69) is 28.4 Å². The molecule has 6 heteroatoms. The van der Waals surface area contributed by atoms with Gasteiger partial charge in [-0.25, -0.2) is 14.8 Å². The van der Waals surface area contributed by atoms with Crippen LogP contribution in [0.4, 0.5) is 0 Å². The van der Waals surface area contributed by atoms with Crippen molar-refractivity contribution in [3.63, 3.8) is 0 Å². The Morgan fingerprint density at radius 3 is 2.46 bits per heavy atom. The topological polar surface area (TPSA) is 72.9 Å². The van der Waals surface area contributed by atoms with E-state index >= 15 is 0 Å². The number of carbonyl (C=O) groups is 1. The molecule has 0 bridgehead atoms. The summed E-state index contributed by atoms with van der Waals surface area (Å²) < 4.78 is 3.77. The second-order valence-corrected chi connectivity index (χ2v) is 5.93. The van der Waals surface area contributed by atoms with E-state index in [1.807, 2.05) is 24.3 Å². The number of carboxylic acids is 1. The lowest BCUT2D eigenvalue weighted by molar-refractivity contribution is 0.0688. The smallest absolute Gasteiger partial charge is 0.353 e. The normalized spacial score (nSPS) is 11.6. The molecule has 0 fully saturated rings. The third-order valence-corrected chi connectivity index (χ3v) is 4.15. The summed E-state index contributed by atoms with van der Waals surface area (Å²) in [5.74, 6) is -0.644. The van der Waals surface area contributed by atoms with Gasteiger partial charge in [0.15, 0.2) is 0 Å². The number of aromatic carboxylic acids is 1. The Labute approximate surface area is 138 Å². The Balaban J connectivity index is 2.23. The molecule has 0 amide bonds. The van der Waals surface area contributed by atoms with Gasteiger partial charge in [0.05, 0.1) is 16.6 Å². The SMILES string of the molecule is CC(C)n1c2ccccc2c2c1cc(C(=O)O)n2-c1ncccn1. The summed E-state index contributed by atoms with van der Waals surface area (Å²) in [4.78, 5) is 20.3. The lowest BCUT2D eigenvalue weighted by Crippen LogP contribution is -2.09.